The fraction of sp³-hybridized carbons (Fsp3) is 0.733. The molecule has 1 aliphatic carbocycles. The van der Waals surface area contributed by atoms with E-state index in [0.717, 1.165) is 25.2 Å². The van der Waals surface area contributed by atoms with E-state index < -0.39 is 5.54 Å². The van der Waals surface area contributed by atoms with Gasteiger partial charge in [0, 0.05) is 4.88 Å². The molecule has 1 aromatic rings. The minimum atomic E-state index is -0.813. The van der Waals surface area contributed by atoms with E-state index in [1.54, 1.807) is 18.3 Å². The van der Waals surface area contributed by atoms with Crippen molar-refractivity contribution in [2.75, 3.05) is 5.32 Å². The van der Waals surface area contributed by atoms with Gasteiger partial charge in [0.05, 0.1) is 11.2 Å². The first-order valence-electron chi connectivity index (χ1n) is 7.55. The van der Waals surface area contributed by atoms with Crippen molar-refractivity contribution in [2.24, 2.45) is 11.7 Å². The molecular weight excluding hydrogens is 306 g/mol. The number of thiazole rings is 1. The zero-order valence-corrected chi connectivity index (χ0v) is 14.7. The molecule has 4 nitrogen and oxygen atoms in total. The van der Waals surface area contributed by atoms with Crippen LogP contribution in [0.4, 0.5) is 5.13 Å². The van der Waals surface area contributed by atoms with Crippen LogP contribution in [0, 0.1) is 5.92 Å². The van der Waals surface area contributed by atoms with Crippen molar-refractivity contribution >= 4 is 34.8 Å². The highest BCUT2D eigenvalue weighted by Gasteiger charge is 2.29. The summed E-state index contributed by atoms with van der Waals surface area (Å²) in [6.45, 7) is 6.06. The Hall–Kier alpha value is -0.650. The second kappa shape index (κ2) is 7.56. The summed E-state index contributed by atoms with van der Waals surface area (Å²) in [6, 6.07) is 0. The molecule has 6 heteroatoms. The zero-order valence-electron chi connectivity index (χ0n) is 13.1. The van der Waals surface area contributed by atoms with Gasteiger partial charge < -0.3 is 11.1 Å². The third-order valence-corrected chi connectivity index (χ3v) is 5.16. The summed E-state index contributed by atoms with van der Waals surface area (Å²) in [5.74, 6) is 0.642. The first-order valence-corrected chi connectivity index (χ1v) is 8.36. The number of hydrogen-bond acceptors (Lipinski definition) is 4. The molecule has 0 bridgehead atoms. The van der Waals surface area contributed by atoms with Crippen LogP contribution >= 0.6 is 23.7 Å². The quantitative estimate of drug-likeness (QED) is 0.867. The molecule has 0 fully saturated rings. The minimum absolute atomic E-state index is 0. The van der Waals surface area contributed by atoms with Crippen molar-refractivity contribution in [3.05, 3.63) is 10.6 Å². The van der Waals surface area contributed by atoms with Crippen LogP contribution < -0.4 is 11.1 Å². The highest BCUT2D eigenvalue weighted by molar-refractivity contribution is 7.15. The lowest BCUT2D eigenvalue weighted by Crippen LogP contribution is -2.48. The molecule has 1 amide bonds. The predicted molar refractivity (Wildman–Crippen MR) is 91.3 cm³/mol. The van der Waals surface area contributed by atoms with E-state index in [0.29, 0.717) is 11.6 Å². The van der Waals surface area contributed by atoms with Gasteiger partial charge in [0.2, 0.25) is 5.91 Å². The molecule has 0 spiro atoms. The average Bonchev–Trinajstić information content (AvgIpc) is 2.79. The third-order valence-electron chi connectivity index (χ3n) is 4.13. The maximum absolute atomic E-state index is 12.2. The van der Waals surface area contributed by atoms with Crippen molar-refractivity contribution in [1.82, 2.24) is 4.98 Å². The highest BCUT2D eigenvalue weighted by atomic mass is 35.5. The molecule has 0 saturated heterocycles. The number of carbonyl (C=O) groups is 1. The fourth-order valence-corrected chi connectivity index (χ4v) is 3.84. The van der Waals surface area contributed by atoms with E-state index >= 15 is 0 Å². The van der Waals surface area contributed by atoms with Gasteiger partial charge in [-0.25, -0.2) is 4.98 Å². The lowest BCUT2D eigenvalue weighted by Gasteiger charge is -2.21. The number of nitrogens with zero attached hydrogens (tertiary/aromatic N) is 1. The summed E-state index contributed by atoms with van der Waals surface area (Å²) in [6.07, 6.45) is 6.15. The molecule has 1 aromatic heterocycles. The Kier molecular flexibility index (Phi) is 6.63. The molecule has 21 heavy (non-hydrogen) atoms. The van der Waals surface area contributed by atoms with Gasteiger partial charge in [-0.05, 0) is 38.5 Å². The number of halogens is 1. The van der Waals surface area contributed by atoms with Gasteiger partial charge in [-0.2, -0.15) is 0 Å². The van der Waals surface area contributed by atoms with Crippen LogP contribution in [-0.4, -0.2) is 16.4 Å². The van der Waals surface area contributed by atoms with E-state index in [-0.39, 0.29) is 18.3 Å². The molecule has 120 valence electrons. The molecule has 0 radical (unpaired) electrons. The maximum atomic E-state index is 12.2. The number of amides is 1. The molecule has 0 saturated carbocycles. The number of aryl methyl sites for hydroxylation is 1. The minimum Gasteiger partial charge on any atom is -0.318 e. The Morgan fingerprint density at radius 3 is 2.86 bits per heavy atom. The van der Waals surface area contributed by atoms with Crippen molar-refractivity contribution in [3.8, 4) is 0 Å². The average molecular weight is 332 g/mol. The SMILES string of the molecule is CCCC(C)(N)C(=O)Nc1nc2c(s1)CC(CC)CC2.Cl. The van der Waals surface area contributed by atoms with Gasteiger partial charge in [0.15, 0.2) is 5.13 Å². The first kappa shape index (κ1) is 18.4. The van der Waals surface area contributed by atoms with Crippen molar-refractivity contribution in [2.45, 2.75) is 64.8 Å². The van der Waals surface area contributed by atoms with Crippen molar-refractivity contribution in [1.29, 1.82) is 0 Å². The lowest BCUT2D eigenvalue weighted by molar-refractivity contribution is -0.120. The number of carbonyl (C=O) groups excluding carboxylic acids is 1. The van der Waals surface area contributed by atoms with Crippen molar-refractivity contribution < 1.29 is 4.79 Å². The molecule has 3 N–H and O–H groups in total. The van der Waals surface area contributed by atoms with Crippen LogP contribution in [0.3, 0.4) is 0 Å². The largest absolute Gasteiger partial charge is 0.318 e. The van der Waals surface area contributed by atoms with Gasteiger partial charge in [-0.1, -0.05) is 26.7 Å². The monoisotopic (exact) mass is 331 g/mol. The smallest absolute Gasteiger partial charge is 0.245 e. The summed E-state index contributed by atoms with van der Waals surface area (Å²) in [5, 5.41) is 3.61. The summed E-state index contributed by atoms with van der Waals surface area (Å²) in [5.41, 5.74) is 6.41. The van der Waals surface area contributed by atoms with Crippen LogP contribution in [0.15, 0.2) is 0 Å². The number of anilines is 1. The van der Waals surface area contributed by atoms with Crippen LogP contribution in [-0.2, 0) is 17.6 Å². The van der Waals surface area contributed by atoms with Gasteiger partial charge >= 0.3 is 0 Å². The normalized spacial score (nSPS) is 20.1. The molecule has 0 aliphatic heterocycles. The molecule has 1 heterocycles. The molecule has 1 aliphatic rings. The summed E-state index contributed by atoms with van der Waals surface area (Å²) >= 11 is 1.62. The van der Waals surface area contributed by atoms with Gasteiger partial charge in [0.25, 0.3) is 0 Å². The number of nitrogens with two attached hydrogens (primary N) is 1. The van der Waals surface area contributed by atoms with E-state index in [1.165, 1.54) is 23.4 Å². The fourth-order valence-electron chi connectivity index (χ4n) is 2.72. The van der Waals surface area contributed by atoms with E-state index in [1.807, 2.05) is 6.92 Å². The van der Waals surface area contributed by atoms with E-state index in [4.69, 9.17) is 5.73 Å². The molecule has 0 aromatic carbocycles. The Morgan fingerprint density at radius 2 is 2.24 bits per heavy atom. The number of aromatic nitrogens is 1. The Bertz CT molecular complexity index is 487. The zero-order chi connectivity index (χ0) is 14.8. The third kappa shape index (κ3) is 4.41. The topological polar surface area (TPSA) is 68.0 Å². The molecule has 2 rings (SSSR count). The standard InChI is InChI=1S/C15H25N3OS.ClH/c1-4-8-15(3,16)13(19)18-14-17-11-7-6-10(5-2)9-12(11)20-14;/h10H,4-9,16H2,1-3H3,(H,17,18,19);1H. The molecular formula is C15H26ClN3OS. The first-order chi connectivity index (χ1) is 9.46. The maximum Gasteiger partial charge on any atom is 0.245 e. The lowest BCUT2D eigenvalue weighted by atomic mass is 9.89. The number of hydrogen-bond donors (Lipinski definition) is 2. The summed E-state index contributed by atoms with van der Waals surface area (Å²) < 4.78 is 0. The number of fused-ring (bicyclic) bond motifs is 1. The van der Waals surface area contributed by atoms with Crippen LogP contribution in [0.5, 0.6) is 0 Å². The molecule has 2 atom stereocenters. The Morgan fingerprint density at radius 1 is 1.52 bits per heavy atom. The van der Waals surface area contributed by atoms with E-state index in [2.05, 4.69) is 17.2 Å². The van der Waals surface area contributed by atoms with Crippen LogP contribution in [0.2, 0.25) is 0 Å². The summed E-state index contributed by atoms with van der Waals surface area (Å²) in [4.78, 5) is 18.1. The Balaban J connectivity index is 0.00000220. The van der Waals surface area contributed by atoms with Gasteiger partial charge in [-0.3, -0.25) is 4.79 Å². The Labute approximate surface area is 137 Å². The number of nitrogens with one attached hydrogen (secondary N) is 1. The van der Waals surface area contributed by atoms with E-state index in [9.17, 15) is 4.79 Å². The second-order valence-corrected chi connectivity index (χ2v) is 7.11. The predicted octanol–water partition coefficient (Wildman–Crippen LogP) is 3.54. The number of rotatable bonds is 5. The molecule has 2 unspecified atom stereocenters. The van der Waals surface area contributed by atoms with Gasteiger partial charge in [0.1, 0.15) is 0 Å². The summed E-state index contributed by atoms with van der Waals surface area (Å²) in [7, 11) is 0. The second-order valence-electron chi connectivity index (χ2n) is 6.03. The van der Waals surface area contributed by atoms with Crippen molar-refractivity contribution in [3.63, 3.8) is 0 Å². The highest BCUT2D eigenvalue weighted by Crippen LogP contribution is 2.33. The van der Waals surface area contributed by atoms with Crippen LogP contribution in [0.1, 0.15) is 57.0 Å². The van der Waals surface area contributed by atoms with Crippen LogP contribution in [0.25, 0.3) is 0 Å². The van der Waals surface area contributed by atoms with Gasteiger partial charge in [-0.15, -0.1) is 23.7 Å².